The van der Waals surface area contributed by atoms with Crippen molar-refractivity contribution < 1.29 is 0 Å². The molecule has 0 rings (SSSR count). The van der Waals surface area contributed by atoms with Gasteiger partial charge in [0.05, 0.1) is 0 Å². The Morgan fingerprint density at radius 3 is 2.62 bits per heavy atom. The predicted octanol–water partition coefficient (Wildman–Crippen LogP) is 2.46. The summed E-state index contributed by atoms with van der Waals surface area (Å²) in [6, 6.07) is 0. The van der Waals surface area contributed by atoms with Gasteiger partial charge in [0.2, 0.25) is 0 Å². The number of rotatable bonds is 2. The van der Waals surface area contributed by atoms with E-state index in [1.807, 2.05) is 31.2 Å². The molecule has 0 spiro atoms. The lowest BCUT2D eigenvalue weighted by Gasteiger charge is -1.63. The van der Waals surface area contributed by atoms with Crippen molar-refractivity contribution in [2.45, 2.75) is 6.92 Å². The Bertz CT molecular complexity index is 132. The van der Waals surface area contributed by atoms with Gasteiger partial charge in [0.25, 0.3) is 0 Å². The topological polar surface area (TPSA) is 0 Å². The van der Waals surface area contributed by atoms with Crippen molar-refractivity contribution in [3.8, 4) is 0 Å². The van der Waals surface area contributed by atoms with Crippen molar-refractivity contribution in [3.05, 3.63) is 42.7 Å². The Morgan fingerprint density at radius 2 is 2.12 bits per heavy atom. The molecule has 42 valence electrons. The first kappa shape index (κ1) is 7.00. The maximum Gasteiger partial charge on any atom is -0.0203 e. The summed E-state index contributed by atoms with van der Waals surface area (Å²) in [6.07, 6.45) is 9.16. The van der Waals surface area contributed by atoms with Crippen molar-refractivity contribution in [3.63, 3.8) is 0 Å². The van der Waals surface area contributed by atoms with Gasteiger partial charge < -0.3 is 0 Å². The Kier molecular flexibility index (Phi) is 5.25. The molecule has 0 fully saturated rings. The lowest BCUT2D eigenvalue weighted by Crippen LogP contribution is -1.41. The van der Waals surface area contributed by atoms with Crippen LogP contribution in [0.3, 0.4) is 0 Å². The molecule has 0 nitrogen and oxygen atoms in total. The third-order valence-electron chi connectivity index (χ3n) is 0.606. The molecule has 0 aromatic rings. The van der Waals surface area contributed by atoms with Crippen molar-refractivity contribution in [2.24, 2.45) is 0 Å². The lowest BCUT2D eigenvalue weighted by atomic mass is 10.4. The Labute approximate surface area is 50.5 Å². The minimum atomic E-state index is 1.73. The SMILES string of the molecule is C=C/C=C\C=C=CC. The van der Waals surface area contributed by atoms with Crippen LogP contribution in [-0.4, -0.2) is 0 Å². The van der Waals surface area contributed by atoms with E-state index in [-0.39, 0.29) is 0 Å². The molecule has 0 amide bonds. The second-order valence-electron chi connectivity index (χ2n) is 1.24. The summed E-state index contributed by atoms with van der Waals surface area (Å²) in [5, 5.41) is 0. The van der Waals surface area contributed by atoms with Crippen LogP contribution in [0, 0.1) is 0 Å². The Morgan fingerprint density at radius 1 is 1.38 bits per heavy atom. The fourth-order valence-corrected chi connectivity index (χ4v) is 0.286. The molecule has 0 bridgehead atoms. The predicted molar refractivity (Wildman–Crippen MR) is 37.7 cm³/mol. The van der Waals surface area contributed by atoms with Crippen LogP contribution in [0.5, 0.6) is 0 Å². The molecular weight excluding hydrogens is 96.1 g/mol. The summed E-state index contributed by atoms with van der Waals surface area (Å²) in [5.41, 5.74) is 2.90. The van der Waals surface area contributed by atoms with E-state index < -0.39 is 0 Å². The quantitative estimate of drug-likeness (QED) is 0.374. The van der Waals surface area contributed by atoms with Gasteiger partial charge in [-0.2, -0.15) is 0 Å². The zero-order valence-electron chi connectivity index (χ0n) is 5.09. The van der Waals surface area contributed by atoms with Crippen molar-refractivity contribution in [1.82, 2.24) is 0 Å². The maximum absolute atomic E-state index is 3.51. The average molecular weight is 106 g/mol. The van der Waals surface area contributed by atoms with Gasteiger partial charge in [-0.1, -0.05) is 24.8 Å². The van der Waals surface area contributed by atoms with E-state index in [9.17, 15) is 0 Å². The molecule has 0 aliphatic carbocycles. The first-order valence-electron chi connectivity index (χ1n) is 2.56. The van der Waals surface area contributed by atoms with Gasteiger partial charge >= 0.3 is 0 Å². The van der Waals surface area contributed by atoms with E-state index >= 15 is 0 Å². The van der Waals surface area contributed by atoms with Crippen LogP contribution < -0.4 is 0 Å². The van der Waals surface area contributed by atoms with Crippen molar-refractivity contribution in [2.75, 3.05) is 0 Å². The molecule has 0 radical (unpaired) electrons. The number of hydrogen-bond donors (Lipinski definition) is 0. The molecule has 0 aromatic carbocycles. The molecular formula is C8H10. The van der Waals surface area contributed by atoms with E-state index in [0.29, 0.717) is 0 Å². The molecule has 0 unspecified atom stereocenters. The highest BCUT2D eigenvalue weighted by molar-refractivity contribution is 5.08. The highest BCUT2D eigenvalue weighted by Gasteiger charge is 1.52. The Hall–Kier alpha value is -1.00. The normalized spacial score (nSPS) is 8.12. The number of hydrogen-bond acceptors (Lipinski definition) is 0. The first-order chi connectivity index (χ1) is 3.91. The number of allylic oxidation sites excluding steroid dienone is 4. The molecule has 0 aliphatic heterocycles. The minimum Gasteiger partial charge on any atom is -0.125 e. The summed E-state index contributed by atoms with van der Waals surface area (Å²) in [5.74, 6) is 0. The molecule has 0 aliphatic rings. The molecule has 0 saturated heterocycles. The van der Waals surface area contributed by atoms with Gasteiger partial charge in [-0.3, -0.25) is 0 Å². The van der Waals surface area contributed by atoms with Crippen LogP contribution in [0.4, 0.5) is 0 Å². The molecule has 0 heterocycles. The Balaban J connectivity index is 3.58. The maximum atomic E-state index is 3.51. The smallest absolute Gasteiger partial charge is 0.0203 e. The monoisotopic (exact) mass is 106 g/mol. The molecule has 8 heavy (non-hydrogen) atoms. The van der Waals surface area contributed by atoms with Gasteiger partial charge in [-0.05, 0) is 19.1 Å². The zero-order valence-corrected chi connectivity index (χ0v) is 5.09. The van der Waals surface area contributed by atoms with Gasteiger partial charge in [0, 0.05) is 0 Å². The van der Waals surface area contributed by atoms with E-state index in [2.05, 4.69) is 12.3 Å². The van der Waals surface area contributed by atoms with Gasteiger partial charge in [0.1, 0.15) is 0 Å². The van der Waals surface area contributed by atoms with Crippen LogP contribution in [-0.2, 0) is 0 Å². The third kappa shape index (κ3) is 5.00. The third-order valence-corrected chi connectivity index (χ3v) is 0.606. The summed E-state index contributed by atoms with van der Waals surface area (Å²) in [6.45, 7) is 5.44. The summed E-state index contributed by atoms with van der Waals surface area (Å²) in [7, 11) is 0. The highest BCUT2D eigenvalue weighted by Crippen LogP contribution is 1.73. The molecule has 0 atom stereocenters. The van der Waals surface area contributed by atoms with Crippen LogP contribution in [0.25, 0.3) is 0 Å². The molecule has 0 N–H and O–H groups in total. The standard InChI is InChI=1S/C8H10/c1-3-5-7-8-6-4-2/h3-5,7-8H,1H2,2H3/b7-5-. The lowest BCUT2D eigenvalue weighted by molar-refractivity contribution is 1.76. The van der Waals surface area contributed by atoms with E-state index in [0.717, 1.165) is 0 Å². The molecule has 0 aromatic heterocycles. The van der Waals surface area contributed by atoms with Gasteiger partial charge in [0.15, 0.2) is 0 Å². The van der Waals surface area contributed by atoms with Crippen LogP contribution >= 0.6 is 0 Å². The largest absolute Gasteiger partial charge is 0.125 e. The fraction of sp³-hybridized carbons (Fsp3) is 0.125. The van der Waals surface area contributed by atoms with E-state index in [1.54, 1.807) is 6.08 Å². The van der Waals surface area contributed by atoms with Gasteiger partial charge in [-0.15, -0.1) is 5.73 Å². The average Bonchev–Trinajstić information content (AvgIpc) is 1.81. The summed E-state index contributed by atoms with van der Waals surface area (Å²) < 4.78 is 0. The second kappa shape index (κ2) is 6.00. The first-order valence-corrected chi connectivity index (χ1v) is 2.56. The summed E-state index contributed by atoms with van der Waals surface area (Å²) in [4.78, 5) is 0. The highest BCUT2D eigenvalue weighted by atomic mass is 13.6. The van der Waals surface area contributed by atoms with Crippen LogP contribution in [0.2, 0.25) is 0 Å². The fourth-order valence-electron chi connectivity index (χ4n) is 0.286. The second-order valence-corrected chi connectivity index (χ2v) is 1.24. The van der Waals surface area contributed by atoms with Crippen LogP contribution in [0.1, 0.15) is 6.92 Å². The van der Waals surface area contributed by atoms with Crippen molar-refractivity contribution >= 4 is 0 Å². The zero-order chi connectivity index (χ0) is 6.24. The van der Waals surface area contributed by atoms with Crippen LogP contribution in [0.15, 0.2) is 42.7 Å². The van der Waals surface area contributed by atoms with E-state index in [1.165, 1.54) is 0 Å². The molecule has 0 heteroatoms. The van der Waals surface area contributed by atoms with Crippen molar-refractivity contribution in [1.29, 1.82) is 0 Å². The van der Waals surface area contributed by atoms with Gasteiger partial charge in [-0.25, -0.2) is 0 Å². The van der Waals surface area contributed by atoms with E-state index in [4.69, 9.17) is 0 Å². The minimum absolute atomic E-state index is 1.73. The summed E-state index contributed by atoms with van der Waals surface area (Å²) >= 11 is 0. The molecule has 0 saturated carbocycles.